The Morgan fingerprint density at radius 2 is 1.94 bits per heavy atom. The lowest BCUT2D eigenvalue weighted by atomic mass is 10.1. The minimum absolute atomic E-state index is 0.0793. The van der Waals surface area contributed by atoms with Gasteiger partial charge in [0.1, 0.15) is 5.76 Å². The molecule has 0 radical (unpaired) electrons. The highest BCUT2D eigenvalue weighted by molar-refractivity contribution is 5.94. The van der Waals surface area contributed by atoms with Crippen LogP contribution >= 0.6 is 0 Å². The van der Waals surface area contributed by atoms with Crippen molar-refractivity contribution in [1.29, 1.82) is 0 Å². The summed E-state index contributed by atoms with van der Waals surface area (Å²) >= 11 is 0. The van der Waals surface area contributed by atoms with Gasteiger partial charge in [0.2, 0.25) is 0 Å². The molecule has 0 bridgehead atoms. The van der Waals surface area contributed by atoms with Crippen molar-refractivity contribution in [2.75, 3.05) is 5.32 Å². The molecule has 2 rings (SSSR count). The number of nitrogens with one attached hydrogen (secondary N) is 1. The summed E-state index contributed by atoms with van der Waals surface area (Å²) in [6.45, 7) is 3.59. The van der Waals surface area contributed by atoms with Gasteiger partial charge in [0, 0.05) is 11.3 Å². The molecular formula is C14H15NO2. The van der Waals surface area contributed by atoms with Crippen LogP contribution in [0.5, 0.6) is 0 Å². The molecule has 0 aliphatic rings. The molecule has 88 valence electrons. The van der Waals surface area contributed by atoms with Crippen molar-refractivity contribution in [2.45, 2.75) is 19.9 Å². The molecule has 1 aromatic heterocycles. The molecule has 0 aliphatic heterocycles. The number of carbonyl (C=O) groups is 1. The minimum Gasteiger partial charge on any atom is -0.467 e. The zero-order chi connectivity index (χ0) is 12.3. The third-order valence-electron chi connectivity index (χ3n) is 2.64. The smallest absolute Gasteiger partial charge is 0.159 e. The molecule has 0 saturated carbocycles. The van der Waals surface area contributed by atoms with Crippen LogP contribution in [0, 0.1) is 0 Å². The highest BCUT2D eigenvalue weighted by Crippen LogP contribution is 2.19. The van der Waals surface area contributed by atoms with Crippen LogP contribution in [0.2, 0.25) is 0 Å². The van der Waals surface area contributed by atoms with Gasteiger partial charge in [-0.2, -0.15) is 0 Å². The molecule has 0 amide bonds. The van der Waals surface area contributed by atoms with Gasteiger partial charge in [0.05, 0.1) is 12.3 Å². The van der Waals surface area contributed by atoms with Crippen LogP contribution in [0.3, 0.4) is 0 Å². The monoisotopic (exact) mass is 229 g/mol. The summed E-state index contributed by atoms with van der Waals surface area (Å²) in [7, 11) is 0. The Morgan fingerprint density at radius 1 is 1.24 bits per heavy atom. The lowest BCUT2D eigenvalue weighted by Crippen LogP contribution is -2.05. The van der Waals surface area contributed by atoms with Crippen LogP contribution in [-0.4, -0.2) is 5.78 Å². The van der Waals surface area contributed by atoms with Crippen molar-refractivity contribution >= 4 is 11.5 Å². The van der Waals surface area contributed by atoms with Crippen molar-refractivity contribution in [1.82, 2.24) is 0 Å². The third-order valence-corrected chi connectivity index (χ3v) is 2.64. The van der Waals surface area contributed by atoms with E-state index in [1.54, 1.807) is 13.2 Å². The highest BCUT2D eigenvalue weighted by atomic mass is 16.3. The summed E-state index contributed by atoms with van der Waals surface area (Å²) in [5.74, 6) is 0.969. The first-order chi connectivity index (χ1) is 8.16. The average Bonchev–Trinajstić information content (AvgIpc) is 2.83. The number of ketones is 1. The lowest BCUT2D eigenvalue weighted by molar-refractivity contribution is 0.101. The van der Waals surface area contributed by atoms with Crippen LogP contribution in [-0.2, 0) is 0 Å². The normalized spacial score (nSPS) is 12.1. The molecule has 1 N–H and O–H groups in total. The molecule has 17 heavy (non-hydrogen) atoms. The van der Waals surface area contributed by atoms with Gasteiger partial charge in [0.25, 0.3) is 0 Å². The van der Waals surface area contributed by atoms with Crippen LogP contribution in [0.15, 0.2) is 47.1 Å². The van der Waals surface area contributed by atoms with Gasteiger partial charge in [-0.3, -0.25) is 4.79 Å². The summed E-state index contributed by atoms with van der Waals surface area (Å²) in [6.07, 6.45) is 1.66. The van der Waals surface area contributed by atoms with Gasteiger partial charge in [-0.25, -0.2) is 0 Å². The maximum absolute atomic E-state index is 11.1. The molecule has 0 saturated heterocycles. The van der Waals surface area contributed by atoms with Gasteiger partial charge < -0.3 is 9.73 Å². The second-order valence-corrected chi connectivity index (χ2v) is 4.01. The second kappa shape index (κ2) is 4.87. The number of hydrogen-bond acceptors (Lipinski definition) is 3. The van der Waals surface area contributed by atoms with Crippen molar-refractivity contribution in [3.8, 4) is 0 Å². The second-order valence-electron chi connectivity index (χ2n) is 4.01. The zero-order valence-electron chi connectivity index (χ0n) is 9.94. The first-order valence-corrected chi connectivity index (χ1v) is 5.58. The Bertz CT molecular complexity index is 485. The summed E-state index contributed by atoms with van der Waals surface area (Å²) in [4.78, 5) is 11.1. The first-order valence-electron chi connectivity index (χ1n) is 5.58. The fourth-order valence-corrected chi connectivity index (χ4v) is 1.66. The third kappa shape index (κ3) is 2.75. The predicted octanol–water partition coefficient (Wildman–Crippen LogP) is 3.66. The first kappa shape index (κ1) is 11.5. The van der Waals surface area contributed by atoms with Gasteiger partial charge in [-0.15, -0.1) is 0 Å². The van der Waals surface area contributed by atoms with E-state index in [-0.39, 0.29) is 11.8 Å². The van der Waals surface area contributed by atoms with E-state index < -0.39 is 0 Å². The van der Waals surface area contributed by atoms with E-state index in [0.29, 0.717) is 0 Å². The number of rotatable bonds is 4. The van der Waals surface area contributed by atoms with Gasteiger partial charge in [0.15, 0.2) is 5.78 Å². The van der Waals surface area contributed by atoms with Gasteiger partial charge >= 0.3 is 0 Å². The average molecular weight is 229 g/mol. The maximum Gasteiger partial charge on any atom is 0.159 e. The number of hydrogen-bond donors (Lipinski definition) is 1. The van der Waals surface area contributed by atoms with Crippen molar-refractivity contribution in [3.05, 3.63) is 54.0 Å². The van der Waals surface area contributed by atoms with Crippen LogP contribution in [0.4, 0.5) is 5.69 Å². The Labute approximate surface area is 100 Å². The zero-order valence-corrected chi connectivity index (χ0v) is 9.94. The fraction of sp³-hybridized carbons (Fsp3) is 0.214. The van der Waals surface area contributed by atoms with E-state index in [2.05, 4.69) is 5.32 Å². The molecule has 1 atom stereocenters. The Hall–Kier alpha value is -2.03. The van der Waals surface area contributed by atoms with Crippen LogP contribution in [0.1, 0.15) is 36.0 Å². The molecule has 3 nitrogen and oxygen atoms in total. The summed E-state index contributed by atoms with van der Waals surface area (Å²) < 4.78 is 5.31. The van der Waals surface area contributed by atoms with Gasteiger partial charge in [-0.05, 0) is 50.2 Å². The van der Waals surface area contributed by atoms with Crippen molar-refractivity contribution in [3.63, 3.8) is 0 Å². The molecule has 2 aromatic rings. The van der Waals surface area contributed by atoms with E-state index in [1.165, 1.54) is 0 Å². The van der Waals surface area contributed by atoms with Gasteiger partial charge in [-0.1, -0.05) is 0 Å². The number of carbonyl (C=O) groups excluding carboxylic acids is 1. The van der Waals surface area contributed by atoms with Crippen molar-refractivity contribution in [2.24, 2.45) is 0 Å². The number of anilines is 1. The Kier molecular flexibility index (Phi) is 3.28. The van der Waals surface area contributed by atoms with Crippen molar-refractivity contribution < 1.29 is 9.21 Å². The predicted molar refractivity (Wildman–Crippen MR) is 67.2 cm³/mol. The van der Waals surface area contributed by atoms with E-state index in [9.17, 15) is 4.79 Å². The standard InChI is InChI=1S/C14H15NO2/c1-10(14-4-3-9-17-14)15-13-7-5-12(6-8-13)11(2)16/h3-10,15H,1-2H3. The Morgan fingerprint density at radius 3 is 2.47 bits per heavy atom. The van der Waals surface area contributed by atoms with Crippen LogP contribution < -0.4 is 5.32 Å². The Balaban J connectivity index is 2.06. The highest BCUT2D eigenvalue weighted by Gasteiger charge is 2.07. The quantitative estimate of drug-likeness (QED) is 0.813. The number of benzene rings is 1. The topological polar surface area (TPSA) is 42.2 Å². The summed E-state index contributed by atoms with van der Waals surface area (Å²) in [5.41, 5.74) is 1.69. The molecule has 0 aliphatic carbocycles. The summed E-state index contributed by atoms with van der Waals surface area (Å²) in [6, 6.07) is 11.3. The SMILES string of the molecule is CC(=O)c1ccc(NC(C)c2ccco2)cc1. The summed E-state index contributed by atoms with van der Waals surface area (Å²) in [5, 5.41) is 3.31. The van der Waals surface area contributed by atoms with E-state index in [1.807, 2.05) is 43.3 Å². The largest absolute Gasteiger partial charge is 0.467 e. The molecule has 0 spiro atoms. The molecular weight excluding hydrogens is 214 g/mol. The molecule has 3 heteroatoms. The lowest BCUT2D eigenvalue weighted by Gasteiger charge is -2.12. The molecule has 1 heterocycles. The van der Waals surface area contributed by atoms with E-state index >= 15 is 0 Å². The number of Topliss-reactive ketones (excluding diaryl/α,β-unsaturated/α-hetero) is 1. The molecule has 1 aromatic carbocycles. The fourth-order valence-electron chi connectivity index (χ4n) is 1.66. The van der Waals surface area contributed by atoms with E-state index in [4.69, 9.17) is 4.42 Å². The van der Waals surface area contributed by atoms with E-state index in [0.717, 1.165) is 17.0 Å². The van der Waals surface area contributed by atoms with Crippen LogP contribution in [0.25, 0.3) is 0 Å². The molecule has 0 fully saturated rings. The molecule has 1 unspecified atom stereocenters. The minimum atomic E-state index is 0.0793. The number of furan rings is 1. The maximum atomic E-state index is 11.1.